The predicted molar refractivity (Wildman–Crippen MR) is 125 cm³/mol. The van der Waals surface area contributed by atoms with Gasteiger partial charge in [-0.05, 0) is 111 Å². The lowest BCUT2D eigenvalue weighted by molar-refractivity contribution is -0.205. The number of alkyl halides is 3. The largest absolute Gasteiger partial charge is 0.414 e. The van der Waals surface area contributed by atoms with E-state index in [1.165, 1.54) is 32.1 Å². The Balaban J connectivity index is 0.00000118. The van der Waals surface area contributed by atoms with Crippen LogP contribution < -0.4 is 0 Å². The lowest BCUT2D eigenvalue weighted by Crippen LogP contribution is -2.53. The SMILES string of the molecule is C.CC.CC12CCC3C(CCC4CC(O)CCC43C)C1CCC2CCCC(O)C(F)(F)F. The zero-order valence-corrected chi connectivity index (χ0v) is 20.1. The van der Waals surface area contributed by atoms with Crippen molar-refractivity contribution in [1.29, 1.82) is 0 Å². The van der Waals surface area contributed by atoms with Crippen molar-refractivity contribution in [1.82, 2.24) is 0 Å². The van der Waals surface area contributed by atoms with Crippen molar-refractivity contribution in [2.75, 3.05) is 0 Å². The molecule has 190 valence electrons. The molecule has 0 radical (unpaired) electrons. The molecule has 0 spiro atoms. The van der Waals surface area contributed by atoms with E-state index in [9.17, 15) is 23.4 Å². The van der Waals surface area contributed by atoms with Gasteiger partial charge in [0.1, 0.15) is 6.10 Å². The third kappa shape index (κ3) is 5.04. The summed E-state index contributed by atoms with van der Waals surface area (Å²) < 4.78 is 37.8. The standard InChI is InChI=1S/C24H39F3O2.C2H6.CH4/c1-22-13-11-20-18(8-6-16-14-17(28)10-12-23(16,20)2)19(22)9-7-15(22)4-3-5-21(29)24(25,26)27;1-2;/h15-21,28-29H,3-14H2,1-2H3;1-2H3;1H4. The molecule has 4 aliphatic rings. The number of fused-ring (bicyclic) bond motifs is 5. The molecule has 0 heterocycles. The number of rotatable bonds is 4. The monoisotopic (exact) mass is 462 g/mol. The Morgan fingerprint density at radius 2 is 1.53 bits per heavy atom. The molecule has 4 saturated carbocycles. The quantitative estimate of drug-likeness (QED) is 0.448. The summed E-state index contributed by atoms with van der Waals surface area (Å²) in [7, 11) is 0. The van der Waals surface area contributed by atoms with Crippen LogP contribution in [0.4, 0.5) is 13.2 Å². The van der Waals surface area contributed by atoms with Gasteiger partial charge in [-0.1, -0.05) is 41.5 Å². The third-order valence-corrected chi connectivity index (χ3v) is 10.2. The van der Waals surface area contributed by atoms with Crippen molar-refractivity contribution >= 4 is 0 Å². The fourth-order valence-corrected chi connectivity index (χ4v) is 8.54. The highest BCUT2D eigenvalue weighted by Gasteiger charge is 2.59. The van der Waals surface area contributed by atoms with Gasteiger partial charge in [0.15, 0.2) is 0 Å². The van der Waals surface area contributed by atoms with Crippen LogP contribution in [-0.4, -0.2) is 28.6 Å². The summed E-state index contributed by atoms with van der Waals surface area (Å²) >= 11 is 0. The molecule has 9 atom stereocenters. The zero-order valence-electron chi connectivity index (χ0n) is 20.1. The second kappa shape index (κ2) is 10.5. The molecule has 2 N–H and O–H groups in total. The van der Waals surface area contributed by atoms with Crippen molar-refractivity contribution in [3.05, 3.63) is 0 Å². The second-order valence-corrected chi connectivity index (χ2v) is 11.4. The summed E-state index contributed by atoms with van der Waals surface area (Å²) in [6, 6.07) is 0. The molecule has 0 aliphatic heterocycles. The van der Waals surface area contributed by atoms with Crippen molar-refractivity contribution in [2.24, 2.45) is 40.4 Å². The Hall–Kier alpha value is -0.290. The van der Waals surface area contributed by atoms with Crippen LogP contribution in [0.25, 0.3) is 0 Å². The van der Waals surface area contributed by atoms with E-state index < -0.39 is 12.3 Å². The lowest BCUT2D eigenvalue weighted by Gasteiger charge is -2.61. The van der Waals surface area contributed by atoms with Crippen LogP contribution in [0.2, 0.25) is 0 Å². The van der Waals surface area contributed by atoms with Crippen molar-refractivity contribution in [3.8, 4) is 0 Å². The van der Waals surface area contributed by atoms with E-state index in [1.807, 2.05) is 13.8 Å². The molecule has 2 nitrogen and oxygen atoms in total. The molecule has 0 aromatic carbocycles. The van der Waals surface area contributed by atoms with E-state index in [-0.39, 0.29) is 25.4 Å². The predicted octanol–water partition coefficient (Wildman–Crippen LogP) is 7.76. The van der Waals surface area contributed by atoms with Gasteiger partial charge in [-0.15, -0.1) is 0 Å². The highest BCUT2D eigenvalue weighted by atomic mass is 19.4. The summed E-state index contributed by atoms with van der Waals surface area (Å²) in [5.74, 6) is 3.41. The number of hydrogen-bond donors (Lipinski definition) is 2. The lowest BCUT2D eigenvalue weighted by atomic mass is 9.44. The molecule has 32 heavy (non-hydrogen) atoms. The number of aliphatic hydroxyl groups is 2. The van der Waals surface area contributed by atoms with Gasteiger partial charge in [0.2, 0.25) is 0 Å². The number of hydrogen-bond acceptors (Lipinski definition) is 2. The van der Waals surface area contributed by atoms with E-state index in [2.05, 4.69) is 13.8 Å². The Labute approximate surface area is 194 Å². The molecule has 5 heteroatoms. The van der Waals surface area contributed by atoms with Gasteiger partial charge in [0.25, 0.3) is 0 Å². The molecule has 9 unspecified atom stereocenters. The van der Waals surface area contributed by atoms with E-state index in [0.717, 1.165) is 43.9 Å². The smallest absolute Gasteiger partial charge is 0.393 e. The Morgan fingerprint density at radius 3 is 2.19 bits per heavy atom. The van der Waals surface area contributed by atoms with E-state index >= 15 is 0 Å². The first-order valence-corrected chi connectivity index (χ1v) is 13.0. The normalized spacial score (nSPS) is 44.2. The molecular formula is C27H49F3O2. The average Bonchev–Trinajstić information content (AvgIpc) is 3.06. The van der Waals surface area contributed by atoms with Gasteiger partial charge in [0, 0.05) is 0 Å². The third-order valence-electron chi connectivity index (χ3n) is 10.2. The van der Waals surface area contributed by atoms with Crippen LogP contribution in [0.15, 0.2) is 0 Å². The van der Waals surface area contributed by atoms with Gasteiger partial charge in [-0.25, -0.2) is 0 Å². The Morgan fingerprint density at radius 1 is 0.906 bits per heavy atom. The van der Waals surface area contributed by atoms with Gasteiger partial charge >= 0.3 is 6.18 Å². The van der Waals surface area contributed by atoms with E-state index in [4.69, 9.17) is 0 Å². The molecule has 0 aromatic rings. The molecular weight excluding hydrogens is 413 g/mol. The Bertz CT molecular complexity index is 594. The van der Waals surface area contributed by atoms with E-state index in [0.29, 0.717) is 29.6 Å². The first-order valence-electron chi connectivity index (χ1n) is 13.0. The minimum Gasteiger partial charge on any atom is -0.393 e. The van der Waals surface area contributed by atoms with E-state index in [1.54, 1.807) is 0 Å². The number of halogens is 3. The van der Waals surface area contributed by atoms with Crippen molar-refractivity contribution in [3.63, 3.8) is 0 Å². The molecule has 0 amide bonds. The summed E-state index contributed by atoms with van der Waals surface area (Å²) in [5.41, 5.74) is 0.639. The highest BCUT2D eigenvalue weighted by Crippen LogP contribution is 2.67. The fraction of sp³-hybridized carbons (Fsp3) is 1.00. The van der Waals surface area contributed by atoms with Crippen LogP contribution >= 0.6 is 0 Å². The van der Waals surface area contributed by atoms with Crippen molar-refractivity contribution in [2.45, 2.75) is 131 Å². The van der Waals surface area contributed by atoms with Gasteiger partial charge < -0.3 is 10.2 Å². The average molecular weight is 463 g/mol. The molecule has 4 fully saturated rings. The van der Waals surface area contributed by atoms with Gasteiger partial charge in [-0.2, -0.15) is 13.2 Å². The van der Waals surface area contributed by atoms with Crippen LogP contribution in [0.5, 0.6) is 0 Å². The minimum atomic E-state index is -4.48. The number of aliphatic hydroxyl groups excluding tert-OH is 2. The second-order valence-electron chi connectivity index (χ2n) is 11.4. The maximum absolute atomic E-state index is 12.6. The Kier molecular flexibility index (Phi) is 9.21. The fourth-order valence-electron chi connectivity index (χ4n) is 8.54. The molecule has 0 aromatic heterocycles. The minimum absolute atomic E-state index is 0. The topological polar surface area (TPSA) is 40.5 Å². The maximum atomic E-state index is 12.6. The molecule has 0 bridgehead atoms. The van der Waals surface area contributed by atoms with Crippen LogP contribution in [-0.2, 0) is 0 Å². The van der Waals surface area contributed by atoms with Crippen LogP contribution in [0.1, 0.15) is 112 Å². The van der Waals surface area contributed by atoms with Crippen LogP contribution in [0.3, 0.4) is 0 Å². The maximum Gasteiger partial charge on any atom is 0.414 e. The van der Waals surface area contributed by atoms with Gasteiger partial charge in [-0.3, -0.25) is 0 Å². The van der Waals surface area contributed by atoms with Crippen molar-refractivity contribution < 1.29 is 23.4 Å². The summed E-state index contributed by atoms with van der Waals surface area (Å²) in [5, 5.41) is 19.5. The molecule has 4 aliphatic carbocycles. The van der Waals surface area contributed by atoms with Gasteiger partial charge in [0.05, 0.1) is 6.10 Å². The molecule has 4 rings (SSSR count). The zero-order chi connectivity index (χ0) is 23.0. The highest BCUT2D eigenvalue weighted by molar-refractivity contribution is 5.09. The summed E-state index contributed by atoms with van der Waals surface area (Å²) in [6.45, 7) is 8.92. The first kappa shape index (κ1) is 28.0. The summed E-state index contributed by atoms with van der Waals surface area (Å²) in [4.78, 5) is 0. The summed E-state index contributed by atoms with van der Waals surface area (Å²) in [6.07, 6.45) is 4.80. The first-order chi connectivity index (χ1) is 14.6. The molecule has 0 saturated heterocycles. The van der Waals surface area contributed by atoms with Crippen LogP contribution in [0, 0.1) is 40.4 Å².